The molecule has 8 heteroatoms. The lowest BCUT2D eigenvalue weighted by Crippen LogP contribution is -2.63. The van der Waals surface area contributed by atoms with Crippen molar-refractivity contribution < 1.29 is 24.1 Å². The van der Waals surface area contributed by atoms with Gasteiger partial charge in [0.05, 0.1) is 11.6 Å². The van der Waals surface area contributed by atoms with E-state index >= 15 is 0 Å². The van der Waals surface area contributed by atoms with Crippen molar-refractivity contribution in [2.45, 2.75) is 77.4 Å². The largest absolute Gasteiger partial charge is 0.491 e. The number of carbonyl (C=O) groups excluding carboxylic acids is 1. The van der Waals surface area contributed by atoms with Crippen LogP contribution in [0.4, 0.5) is 13.2 Å². The summed E-state index contributed by atoms with van der Waals surface area (Å²) in [7, 11) is 0. The maximum atomic E-state index is 13.6. The molecule has 1 fully saturated rings. The van der Waals surface area contributed by atoms with Crippen LogP contribution in [0.25, 0.3) is 0 Å². The van der Waals surface area contributed by atoms with E-state index in [1.165, 1.54) is 10.6 Å². The van der Waals surface area contributed by atoms with Crippen LogP contribution < -0.4 is 10.1 Å². The molecule has 0 saturated carbocycles. The van der Waals surface area contributed by atoms with E-state index in [4.69, 9.17) is 4.74 Å². The van der Waals surface area contributed by atoms with Gasteiger partial charge in [-0.3, -0.25) is 10.1 Å². The number of fused-ring (bicyclic) bond motifs is 2. The summed E-state index contributed by atoms with van der Waals surface area (Å²) < 4.78 is 48.0. The number of likely N-dealkylation sites (tertiary alicyclic amines) is 1. The third-order valence-corrected chi connectivity index (χ3v) is 6.58. The first-order chi connectivity index (χ1) is 15.3. The van der Waals surface area contributed by atoms with Crippen LogP contribution in [0.1, 0.15) is 69.3 Å². The Morgan fingerprint density at radius 1 is 1.15 bits per heavy atom. The second-order valence-electron chi connectivity index (χ2n) is 10.2. The Balaban J connectivity index is 0.00000324. The number of aryl methyl sites for hydroxylation is 1. The van der Waals surface area contributed by atoms with Crippen LogP contribution in [0.5, 0.6) is 5.75 Å². The van der Waals surface area contributed by atoms with Crippen molar-refractivity contribution in [2.24, 2.45) is 0 Å². The van der Waals surface area contributed by atoms with E-state index in [1.54, 1.807) is 17.0 Å². The molecular formula is C25H34F3N3O2. The van der Waals surface area contributed by atoms with E-state index in [1.807, 2.05) is 46.8 Å². The molecule has 2 aromatic rings. The lowest BCUT2D eigenvalue weighted by molar-refractivity contribution is -0.144. The number of piperidine rings is 1. The summed E-state index contributed by atoms with van der Waals surface area (Å²) in [6.07, 6.45) is -3.24. The summed E-state index contributed by atoms with van der Waals surface area (Å²) >= 11 is 0. The Bertz CT molecular complexity index is 1050. The van der Waals surface area contributed by atoms with E-state index in [0.29, 0.717) is 37.2 Å². The number of rotatable bonds is 3. The van der Waals surface area contributed by atoms with E-state index < -0.39 is 22.9 Å². The number of alkyl halides is 3. The molecule has 0 atom stereocenters. The minimum atomic E-state index is -4.40. The van der Waals surface area contributed by atoms with Gasteiger partial charge in [0.1, 0.15) is 11.4 Å². The fourth-order valence-corrected chi connectivity index (χ4v) is 5.27. The van der Waals surface area contributed by atoms with Gasteiger partial charge in [0.25, 0.3) is 5.91 Å². The zero-order valence-electron chi connectivity index (χ0n) is 19.8. The fraction of sp³-hybridized carbons (Fsp3) is 0.560. The number of nitrogens with zero attached hydrogens (tertiary/aromatic N) is 2. The summed E-state index contributed by atoms with van der Waals surface area (Å²) in [5.74, 6) is 0.694. The molecule has 0 aliphatic carbocycles. The molecule has 4 rings (SSSR count). The van der Waals surface area contributed by atoms with E-state index in [2.05, 4.69) is 5.32 Å². The summed E-state index contributed by atoms with van der Waals surface area (Å²) in [5.41, 5.74) is 0.459. The SMILES string of the molecule is Cc1cc(C(=O)N2CCC3(CC2)NC(C)(C)Cn2c(C(F)(F)F)ccc23)ccc1OC(C)C.[HH]. The Morgan fingerprint density at radius 2 is 1.82 bits per heavy atom. The topological polar surface area (TPSA) is 46.5 Å². The Morgan fingerprint density at radius 3 is 2.39 bits per heavy atom. The average Bonchev–Trinajstić information content (AvgIpc) is 3.13. The molecule has 0 bridgehead atoms. The first-order valence-corrected chi connectivity index (χ1v) is 11.4. The number of aromatic nitrogens is 1. The molecule has 2 aliphatic heterocycles. The van der Waals surface area contributed by atoms with Gasteiger partial charge in [-0.25, -0.2) is 0 Å². The highest BCUT2D eigenvalue weighted by Crippen LogP contribution is 2.43. The van der Waals surface area contributed by atoms with Crippen molar-refractivity contribution in [3.63, 3.8) is 0 Å². The molecule has 1 amide bonds. The Kier molecular flexibility index (Phi) is 5.79. The average molecular weight is 466 g/mol. The zero-order chi connectivity index (χ0) is 24.2. The van der Waals surface area contributed by atoms with Crippen LogP contribution in [0, 0.1) is 6.92 Å². The molecule has 1 saturated heterocycles. The van der Waals surface area contributed by atoms with Crippen LogP contribution in [0.2, 0.25) is 0 Å². The first kappa shape index (κ1) is 23.7. The highest BCUT2D eigenvalue weighted by Gasteiger charge is 2.48. The van der Waals surface area contributed by atoms with Crippen molar-refractivity contribution in [2.75, 3.05) is 13.1 Å². The number of nitrogens with one attached hydrogen (secondary N) is 1. The van der Waals surface area contributed by atoms with Crippen molar-refractivity contribution in [3.8, 4) is 5.75 Å². The van der Waals surface area contributed by atoms with Crippen molar-refractivity contribution >= 4 is 5.91 Å². The van der Waals surface area contributed by atoms with Crippen LogP contribution in [-0.2, 0) is 18.3 Å². The van der Waals surface area contributed by atoms with Gasteiger partial charge in [0.15, 0.2) is 0 Å². The third kappa shape index (κ3) is 4.50. The lowest BCUT2D eigenvalue weighted by Gasteiger charge is -2.51. The van der Waals surface area contributed by atoms with Crippen LogP contribution in [-0.4, -0.2) is 40.1 Å². The standard InChI is InChI=1S/C25H32F3N3O2.H2/c1-16(2)33-19-7-6-18(14-17(19)3)22(32)30-12-10-24(11-13-30)20-8-9-21(25(26,27)28)31(20)15-23(4,5)29-24;/h6-9,14,16,29H,10-13,15H2,1-5H3;1H. The van der Waals surface area contributed by atoms with Crippen molar-refractivity contribution in [1.82, 2.24) is 14.8 Å². The van der Waals surface area contributed by atoms with Gasteiger partial charge in [0.2, 0.25) is 0 Å². The molecule has 3 heterocycles. The maximum absolute atomic E-state index is 13.6. The molecule has 1 N–H and O–H groups in total. The Hall–Kier alpha value is -2.48. The summed E-state index contributed by atoms with van der Waals surface area (Å²) in [5, 5.41) is 3.62. The van der Waals surface area contributed by atoms with Gasteiger partial charge in [0, 0.05) is 37.9 Å². The quantitative estimate of drug-likeness (QED) is 0.664. The molecule has 1 aromatic carbocycles. The van der Waals surface area contributed by atoms with Crippen molar-refractivity contribution in [1.29, 1.82) is 0 Å². The second kappa shape index (κ2) is 8.08. The van der Waals surface area contributed by atoms with E-state index in [-0.39, 0.29) is 20.0 Å². The monoisotopic (exact) mass is 465 g/mol. The van der Waals surface area contributed by atoms with Gasteiger partial charge in [-0.2, -0.15) is 13.2 Å². The Labute approximate surface area is 194 Å². The minimum absolute atomic E-state index is 0. The van der Waals surface area contributed by atoms with Crippen LogP contribution in [0.15, 0.2) is 30.3 Å². The number of ether oxygens (including phenoxy) is 1. The predicted octanol–water partition coefficient (Wildman–Crippen LogP) is 5.36. The zero-order valence-corrected chi connectivity index (χ0v) is 19.8. The number of amides is 1. The second-order valence-corrected chi connectivity index (χ2v) is 10.2. The maximum Gasteiger partial charge on any atom is 0.431 e. The van der Waals surface area contributed by atoms with Gasteiger partial charge in [-0.1, -0.05) is 0 Å². The summed E-state index contributed by atoms with van der Waals surface area (Å²) in [6, 6.07) is 8.22. The molecule has 2 aliphatic rings. The summed E-state index contributed by atoms with van der Waals surface area (Å²) in [4.78, 5) is 15.0. The van der Waals surface area contributed by atoms with Gasteiger partial charge in [-0.15, -0.1) is 0 Å². The minimum Gasteiger partial charge on any atom is -0.491 e. The fourth-order valence-electron chi connectivity index (χ4n) is 5.27. The highest BCUT2D eigenvalue weighted by atomic mass is 19.4. The van der Waals surface area contributed by atoms with Gasteiger partial charge < -0.3 is 14.2 Å². The molecule has 1 aromatic heterocycles. The molecule has 5 nitrogen and oxygen atoms in total. The van der Waals surface area contributed by atoms with E-state index in [0.717, 1.165) is 11.3 Å². The molecule has 1 spiro atoms. The molecule has 182 valence electrons. The molecular weight excluding hydrogens is 431 g/mol. The lowest BCUT2D eigenvalue weighted by atomic mass is 9.79. The highest BCUT2D eigenvalue weighted by molar-refractivity contribution is 5.94. The van der Waals surface area contributed by atoms with Gasteiger partial charge >= 0.3 is 6.18 Å². The third-order valence-electron chi connectivity index (χ3n) is 6.58. The predicted molar refractivity (Wildman–Crippen MR) is 123 cm³/mol. The van der Waals surface area contributed by atoms with Crippen LogP contribution in [0.3, 0.4) is 0 Å². The smallest absolute Gasteiger partial charge is 0.431 e. The van der Waals surface area contributed by atoms with Gasteiger partial charge in [-0.05, 0) is 83.4 Å². The molecule has 0 unspecified atom stereocenters. The molecule has 0 radical (unpaired) electrons. The summed E-state index contributed by atoms with van der Waals surface area (Å²) in [6.45, 7) is 10.9. The number of carbonyl (C=O) groups is 1. The van der Waals surface area contributed by atoms with E-state index in [9.17, 15) is 18.0 Å². The number of hydrogen-bond acceptors (Lipinski definition) is 3. The number of hydrogen-bond donors (Lipinski definition) is 1. The number of benzene rings is 1. The first-order valence-electron chi connectivity index (χ1n) is 11.4. The normalized spacial score (nSPS) is 19.6. The molecule has 33 heavy (non-hydrogen) atoms. The van der Waals surface area contributed by atoms with Crippen LogP contribution >= 0.6 is 0 Å². The van der Waals surface area contributed by atoms with Crippen molar-refractivity contribution in [3.05, 3.63) is 52.8 Å². The number of halogens is 3.